The van der Waals surface area contributed by atoms with E-state index in [1.165, 1.54) is 23.1 Å². The lowest BCUT2D eigenvalue weighted by Gasteiger charge is -2.30. The van der Waals surface area contributed by atoms with Crippen molar-refractivity contribution in [1.82, 2.24) is 4.90 Å². The molecule has 0 fully saturated rings. The molecule has 10 nitrogen and oxygen atoms in total. The van der Waals surface area contributed by atoms with Crippen molar-refractivity contribution in [3.05, 3.63) is 70.6 Å². The van der Waals surface area contributed by atoms with E-state index in [0.29, 0.717) is 35.0 Å². The van der Waals surface area contributed by atoms with E-state index in [1.54, 1.807) is 42.2 Å². The highest BCUT2D eigenvalue weighted by Crippen LogP contribution is 2.38. The molecule has 1 aromatic heterocycles. The quantitative estimate of drug-likeness (QED) is 0.209. The molecule has 3 aromatic rings. The minimum atomic E-state index is -0.623. The molecule has 0 bridgehead atoms. The van der Waals surface area contributed by atoms with Crippen molar-refractivity contribution in [2.75, 3.05) is 36.1 Å². The number of amides is 3. The Morgan fingerprint density at radius 2 is 1.77 bits per heavy atom. The standard InChI is InChI=1S/C31H35N3O7S2/c1-5-39-29(37)27-23-14-15-34(30(38)41-31(2,3)4)17-24(23)43-28(27)33-26(36)19-42-22-13-9-10-20(16-22)32-25(35)18-40-21-11-7-6-8-12-21/h6-13,16H,5,14-15,17-19H2,1-4H3,(H,32,35)(H,33,36). The summed E-state index contributed by atoms with van der Waals surface area (Å²) in [6.45, 7) is 7.89. The lowest BCUT2D eigenvalue weighted by molar-refractivity contribution is -0.118. The molecule has 4 rings (SSSR count). The van der Waals surface area contributed by atoms with E-state index in [-0.39, 0.29) is 37.3 Å². The molecule has 0 saturated carbocycles. The van der Waals surface area contributed by atoms with Crippen LogP contribution in [0.1, 0.15) is 48.5 Å². The van der Waals surface area contributed by atoms with Gasteiger partial charge in [0.2, 0.25) is 5.91 Å². The van der Waals surface area contributed by atoms with Gasteiger partial charge in [-0.1, -0.05) is 24.3 Å². The third-order valence-corrected chi connectivity index (χ3v) is 8.17. The van der Waals surface area contributed by atoms with Crippen LogP contribution in [0.3, 0.4) is 0 Å². The van der Waals surface area contributed by atoms with Gasteiger partial charge in [0.15, 0.2) is 6.61 Å². The zero-order valence-electron chi connectivity index (χ0n) is 24.6. The average molecular weight is 626 g/mol. The summed E-state index contributed by atoms with van der Waals surface area (Å²) in [6.07, 6.45) is 0.0204. The average Bonchev–Trinajstić information content (AvgIpc) is 3.32. The molecular weight excluding hydrogens is 590 g/mol. The number of esters is 1. The highest BCUT2D eigenvalue weighted by atomic mass is 32.2. The summed E-state index contributed by atoms with van der Waals surface area (Å²) in [4.78, 5) is 54.0. The summed E-state index contributed by atoms with van der Waals surface area (Å²) in [5, 5.41) is 6.08. The molecule has 0 saturated heterocycles. The maximum absolute atomic E-state index is 13.0. The number of para-hydroxylation sites is 1. The summed E-state index contributed by atoms with van der Waals surface area (Å²) in [5.74, 6) is -0.436. The number of anilines is 2. The van der Waals surface area contributed by atoms with E-state index in [9.17, 15) is 19.2 Å². The van der Waals surface area contributed by atoms with Crippen LogP contribution in [0.25, 0.3) is 0 Å². The molecule has 1 aliphatic heterocycles. The maximum atomic E-state index is 13.0. The van der Waals surface area contributed by atoms with Gasteiger partial charge in [-0.3, -0.25) is 9.59 Å². The van der Waals surface area contributed by atoms with Crippen LogP contribution in [0, 0.1) is 0 Å². The van der Waals surface area contributed by atoms with Gasteiger partial charge in [0.05, 0.1) is 24.5 Å². The minimum Gasteiger partial charge on any atom is -0.484 e. The highest BCUT2D eigenvalue weighted by Gasteiger charge is 2.32. The maximum Gasteiger partial charge on any atom is 0.410 e. The normalized spacial score (nSPS) is 12.6. The SMILES string of the molecule is CCOC(=O)c1c(NC(=O)CSc2cccc(NC(=O)COc3ccccc3)c2)sc2c1CCN(C(=O)OC(C)(C)C)C2. The number of nitrogens with one attached hydrogen (secondary N) is 2. The molecule has 0 unspecified atom stereocenters. The molecule has 0 aliphatic carbocycles. The fraction of sp³-hybridized carbons (Fsp3) is 0.355. The zero-order valence-corrected chi connectivity index (χ0v) is 26.2. The summed E-state index contributed by atoms with van der Waals surface area (Å²) in [6, 6.07) is 16.2. The van der Waals surface area contributed by atoms with Gasteiger partial charge in [-0.2, -0.15) is 0 Å². The second-order valence-corrected chi connectivity index (χ2v) is 12.7. The molecule has 1 aliphatic rings. The molecular formula is C31H35N3O7S2. The van der Waals surface area contributed by atoms with Crippen molar-refractivity contribution in [2.24, 2.45) is 0 Å². The van der Waals surface area contributed by atoms with Gasteiger partial charge >= 0.3 is 12.1 Å². The molecule has 43 heavy (non-hydrogen) atoms. The molecule has 2 aromatic carbocycles. The van der Waals surface area contributed by atoms with Gasteiger partial charge in [0, 0.05) is 22.0 Å². The van der Waals surface area contributed by atoms with E-state index in [0.717, 1.165) is 15.3 Å². The third kappa shape index (κ3) is 9.23. The van der Waals surface area contributed by atoms with Crippen LogP contribution < -0.4 is 15.4 Å². The Morgan fingerprint density at radius 1 is 1.00 bits per heavy atom. The Hall–Kier alpha value is -4.03. The Balaban J connectivity index is 1.37. The van der Waals surface area contributed by atoms with Crippen LogP contribution in [0.15, 0.2) is 59.5 Å². The number of carbonyl (C=O) groups excluding carboxylic acids is 4. The second-order valence-electron chi connectivity index (χ2n) is 10.6. The monoisotopic (exact) mass is 625 g/mol. The first-order valence-corrected chi connectivity index (χ1v) is 15.6. The lowest BCUT2D eigenvalue weighted by Crippen LogP contribution is -2.39. The molecule has 228 valence electrons. The number of hydrogen-bond acceptors (Lipinski definition) is 9. The predicted molar refractivity (Wildman–Crippen MR) is 167 cm³/mol. The Bertz CT molecular complexity index is 1470. The number of rotatable bonds is 10. The van der Waals surface area contributed by atoms with E-state index < -0.39 is 17.7 Å². The number of hydrogen-bond donors (Lipinski definition) is 2. The number of ether oxygens (including phenoxy) is 3. The highest BCUT2D eigenvalue weighted by molar-refractivity contribution is 8.00. The first-order valence-electron chi connectivity index (χ1n) is 13.8. The van der Waals surface area contributed by atoms with Crippen LogP contribution in [0.4, 0.5) is 15.5 Å². The summed E-state index contributed by atoms with van der Waals surface area (Å²) >= 11 is 2.56. The second kappa shape index (κ2) is 14.4. The van der Waals surface area contributed by atoms with Gasteiger partial charge in [0.25, 0.3) is 5.91 Å². The smallest absolute Gasteiger partial charge is 0.410 e. The summed E-state index contributed by atoms with van der Waals surface area (Å²) in [5.41, 5.74) is 1.08. The number of carbonyl (C=O) groups is 4. The molecule has 0 spiro atoms. The van der Waals surface area contributed by atoms with Crippen molar-refractivity contribution in [3.63, 3.8) is 0 Å². The molecule has 0 atom stereocenters. The number of thiophene rings is 1. The fourth-order valence-electron chi connectivity index (χ4n) is 4.23. The van der Waals surface area contributed by atoms with Crippen LogP contribution in [-0.2, 0) is 32.0 Å². The van der Waals surface area contributed by atoms with Crippen molar-refractivity contribution >= 4 is 57.7 Å². The Labute approximate surface area is 259 Å². The fourth-order valence-corrected chi connectivity index (χ4v) is 6.25. The van der Waals surface area contributed by atoms with Gasteiger partial charge in [-0.15, -0.1) is 23.1 Å². The van der Waals surface area contributed by atoms with E-state index >= 15 is 0 Å². The summed E-state index contributed by atoms with van der Waals surface area (Å²) < 4.78 is 16.3. The van der Waals surface area contributed by atoms with E-state index in [4.69, 9.17) is 14.2 Å². The van der Waals surface area contributed by atoms with Gasteiger partial charge in [-0.25, -0.2) is 9.59 Å². The van der Waals surface area contributed by atoms with Crippen LogP contribution in [0.2, 0.25) is 0 Å². The van der Waals surface area contributed by atoms with Gasteiger partial charge < -0.3 is 29.7 Å². The van der Waals surface area contributed by atoms with Crippen LogP contribution in [-0.4, -0.2) is 59.9 Å². The lowest BCUT2D eigenvalue weighted by atomic mass is 10.0. The first-order chi connectivity index (χ1) is 20.5. The number of fused-ring (bicyclic) bond motifs is 1. The first kappa shape index (κ1) is 31.9. The molecule has 0 radical (unpaired) electrons. The Kier molecular flexibility index (Phi) is 10.7. The van der Waals surface area contributed by atoms with Crippen molar-refractivity contribution in [3.8, 4) is 5.75 Å². The largest absolute Gasteiger partial charge is 0.484 e. The van der Waals surface area contributed by atoms with Crippen molar-refractivity contribution in [1.29, 1.82) is 0 Å². The number of benzene rings is 2. The summed E-state index contributed by atoms with van der Waals surface area (Å²) in [7, 11) is 0. The third-order valence-electron chi connectivity index (χ3n) is 6.04. The van der Waals surface area contributed by atoms with E-state index in [2.05, 4.69) is 10.6 Å². The number of thioether (sulfide) groups is 1. The minimum absolute atomic E-state index is 0.0728. The van der Waals surface area contributed by atoms with Crippen molar-refractivity contribution < 1.29 is 33.4 Å². The topological polar surface area (TPSA) is 123 Å². The van der Waals surface area contributed by atoms with Gasteiger partial charge in [0.1, 0.15) is 16.4 Å². The number of nitrogens with zero attached hydrogens (tertiary/aromatic N) is 1. The zero-order chi connectivity index (χ0) is 31.0. The Morgan fingerprint density at radius 3 is 2.49 bits per heavy atom. The van der Waals surface area contributed by atoms with Crippen molar-refractivity contribution in [2.45, 2.75) is 51.2 Å². The molecule has 2 heterocycles. The molecule has 12 heteroatoms. The predicted octanol–water partition coefficient (Wildman–Crippen LogP) is 5.97. The molecule has 2 N–H and O–H groups in total. The van der Waals surface area contributed by atoms with Gasteiger partial charge in [-0.05, 0) is 70.0 Å². The van der Waals surface area contributed by atoms with E-state index in [1.807, 2.05) is 45.0 Å². The molecule has 3 amide bonds. The van der Waals surface area contributed by atoms with Crippen LogP contribution >= 0.6 is 23.1 Å². The van der Waals surface area contributed by atoms with Crippen LogP contribution in [0.5, 0.6) is 5.75 Å².